The van der Waals surface area contributed by atoms with Crippen molar-refractivity contribution < 1.29 is 18.7 Å². The Morgan fingerprint density at radius 2 is 1.97 bits per heavy atom. The van der Waals surface area contributed by atoms with E-state index in [1.807, 2.05) is 40.1 Å². The van der Waals surface area contributed by atoms with Crippen LogP contribution >= 0.6 is 0 Å². The lowest BCUT2D eigenvalue weighted by Crippen LogP contribution is -2.33. The Morgan fingerprint density at radius 3 is 2.71 bits per heavy atom. The number of nitrogens with one attached hydrogen (secondary N) is 1. The van der Waals surface area contributed by atoms with Crippen LogP contribution < -0.4 is 15.1 Å². The van der Waals surface area contributed by atoms with Gasteiger partial charge in [-0.25, -0.2) is 9.37 Å². The van der Waals surface area contributed by atoms with E-state index in [1.165, 1.54) is 0 Å². The number of anilines is 4. The fourth-order valence-electron chi connectivity index (χ4n) is 5.43. The van der Waals surface area contributed by atoms with Crippen molar-refractivity contribution in [2.45, 2.75) is 57.0 Å². The summed E-state index contributed by atoms with van der Waals surface area (Å²) in [5.41, 5.74) is 3.50. The maximum absolute atomic E-state index is 14.4. The topological polar surface area (TPSA) is 66.9 Å². The van der Waals surface area contributed by atoms with Gasteiger partial charge in [-0.1, -0.05) is 6.07 Å². The van der Waals surface area contributed by atoms with Crippen molar-refractivity contribution in [3.8, 4) is 0 Å². The molecule has 34 heavy (non-hydrogen) atoms. The van der Waals surface area contributed by atoms with Crippen LogP contribution in [-0.2, 0) is 20.8 Å². The van der Waals surface area contributed by atoms with E-state index in [2.05, 4.69) is 10.3 Å². The highest BCUT2D eigenvalue weighted by Crippen LogP contribution is 2.39. The molecule has 2 fully saturated rings. The van der Waals surface area contributed by atoms with Crippen LogP contribution in [0.2, 0.25) is 0 Å². The second-order valence-corrected chi connectivity index (χ2v) is 9.60. The highest BCUT2D eigenvalue weighted by Gasteiger charge is 2.34. The van der Waals surface area contributed by atoms with E-state index in [4.69, 9.17) is 9.47 Å². The van der Waals surface area contributed by atoms with Gasteiger partial charge in [0.1, 0.15) is 18.1 Å². The molecule has 1 aromatic heterocycles. The van der Waals surface area contributed by atoms with Crippen molar-refractivity contribution >= 4 is 28.8 Å². The monoisotopic (exact) mass is 468 g/mol. The number of aromatic nitrogens is 1. The average molecular weight is 469 g/mol. The number of alkyl halides is 1. The molecule has 5 rings (SSSR count). The molecular weight excluding hydrogens is 435 g/mol. The Kier molecular flexibility index (Phi) is 6.70. The first-order valence-electron chi connectivity index (χ1n) is 12.2. The number of rotatable bonds is 5. The van der Waals surface area contributed by atoms with Gasteiger partial charge < -0.3 is 24.6 Å². The Balaban J connectivity index is 1.43. The number of pyridine rings is 1. The van der Waals surface area contributed by atoms with E-state index >= 15 is 0 Å². The Hall–Kier alpha value is -2.71. The average Bonchev–Trinajstić information content (AvgIpc) is 3.15. The smallest absolute Gasteiger partial charge is 0.227 e. The molecule has 182 valence electrons. The van der Waals surface area contributed by atoms with E-state index < -0.39 is 12.3 Å². The largest absolute Gasteiger partial charge is 0.381 e. The maximum atomic E-state index is 14.4. The number of benzene rings is 1. The molecule has 0 radical (unpaired) electrons. The molecule has 1 amide bonds. The molecule has 1 saturated carbocycles. The van der Waals surface area contributed by atoms with Gasteiger partial charge in [-0.2, -0.15) is 0 Å². The summed E-state index contributed by atoms with van der Waals surface area (Å²) in [5, 5.41) is 3.41. The molecule has 7 nitrogen and oxygen atoms in total. The molecule has 1 aromatic carbocycles. The third kappa shape index (κ3) is 4.61. The molecule has 1 N–H and O–H groups in total. The molecule has 3 aliphatic rings. The predicted octanol–water partition coefficient (Wildman–Crippen LogP) is 4.44. The number of carbonyl (C=O) groups excluding carboxylic acids is 1. The molecular formula is C26H33FN4O3. The van der Waals surface area contributed by atoms with Crippen LogP contribution in [0.1, 0.15) is 37.7 Å². The zero-order valence-corrected chi connectivity index (χ0v) is 19.9. The molecule has 8 heteroatoms. The number of ether oxygens (including phenoxy) is 2. The van der Waals surface area contributed by atoms with Gasteiger partial charge in [-0.05, 0) is 55.9 Å². The number of methoxy groups -OCH3 is 2. The summed E-state index contributed by atoms with van der Waals surface area (Å²) >= 11 is 0. The zero-order chi connectivity index (χ0) is 23.7. The maximum Gasteiger partial charge on any atom is 0.227 e. The third-order valence-electron chi connectivity index (χ3n) is 7.50. The van der Waals surface area contributed by atoms with E-state index in [9.17, 15) is 9.18 Å². The summed E-state index contributed by atoms with van der Waals surface area (Å²) in [6.07, 6.45) is 5.12. The molecule has 1 saturated heterocycles. The summed E-state index contributed by atoms with van der Waals surface area (Å²) < 4.78 is 25.2. The summed E-state index contributed by atoms with van der Waals surface area (Å²) in [4.78, 5) is 22.0. The van der Waals surface area contributed by atoms with E-state index in [0.29, 0.717) is 31.5 Å². The van der Waals surface area contributed by atoms with Crippen molar-refractivity contribution in [2.75, 3.05) is 42.4 Å². The minimum atomic E-state index is -1.03. The summed E-state index contributed by atoms with van der Waals surface area (Å²) in [7, 11) is 3.31. The van der Waals surface area contributed by atoms with Crippen molar-refractivity contribution in [2.24, 2.45) is 5.92 Å². The van der Waals surface area contributed by atoms with Crippen LogP contribution in [0.15, 0.2) is 36.5 Å². The molecule has 0 spiro atoms. The predicted molar refractivity (Wildman–Crippen MR) is 130 cm³/mol. The van der Waals surface area contributed by atoms with Crippen molar-refractivity contribution in [3.63, 3.8) is 0 Å². The number of hydrogen-bond acceptors (Lipinski definition) is 6. The van der Waals surface area contributed by atoms with Gasteiger partial charge in [0.25, 0.3) is 0 Å². The minimum absolute atomic E-state index is 0.109. The number of nitrogens with zero attached hydrogens (tertiary/aromatic N) is 3. The van der Waals surface area contributed by atoms with Crippen molar-refractivity contribution in [1.82, 2.24) is 4.98 Å². The Morgan fingerprint density at radius 1 is 1.15 bits per heavy atom. The Labute approximate surface area is 200 Å². The van der Waals surface area contributed by atoms with E-state index in [0.717, 1.165) is 54.1 Å². The molecule has 2 unspecified atom stereocenters. The van der Waals surface area contributed by atoms with Crippen molar-refractivity contribution in [1.29, 1.82) is 0 Å². The lowest BCUT2D eigenvalue weighted by Gasteiger charge is -2.30. The van der Waals surface area contributed by atoms with Crippen molar-refractivity contribution in [3.05, 3.63) is 42.1 Å². The van der Waals surface area contributed by atoms with Crippen LogP contribution in [0.4, 0.5) is 27.3 Å². The first-order chi connectivity index (χ1) is 16.6. The van der Waals surface area contributed by atoms with E-state index in [1.54, 1.807) is 20.4 Å². The van der Waals surface area contributed by atoms with E-state index in [-0.39, 0.29) is 12.5 Å². The summed E-state index contributed by atoms with van der Waals surface area (Å²) in [6, 6.07) is 9.83. The van der Waals surface area contributed by atoms with Crippen LogP contribution in [0.25, 0.3) is 0 Å². The number of fused-ring (bicyclic) bond motifs is 2. The molecule has 1 aliphatic carbocycles. The second kappa shape index (κ2) is 9.88. The molecule has 2 aromatic rings. The lowest BCUT2D eigenvalue weighted by atomic mass is 9.85. The fourth-order valence-corrected chi connectivity index (χ4v) is 5.43. The quantitative estimate of drug-likeness (QED) is 0.700. The van der Waals surface area contributed by atoms with Gasteiger partial charge in [0.15, 0.2) is 0 Å². The SMILES string of the molecule is COC1CN(c2ccc3c(c2)N(C(=O)C[C@H]2CC[C@H](OC)CC2)Cc2cccnc2N3)CC1F. The Bertz CT molecular complexity index is 1030. The zero-order valence-electron chi connectivity index (χ0n) is 19.9. The van der Waals surface area contributed by atoms with Gasteiger partial charge in [0, 0.05) is 44.6 Å². The van der Waals surface area contributed by atoms with Gasteiger partial charge in [-0.3, -0.25) is 4.79 Å². The first-order valence-corrected chi connectivity index (χ1v) is 12.2. The first kappa shape index (κ1) is 23.1. The van der Waals surface area contributed by atoms with Crippen LogP contribution in [0, 0.1) is 5.92 Å². The van der Waals surface area contributed by atoms with Crippen LogP contribution in [0.5, 0.6) is 0 Å². The van der Waals surface area contributed by atoms with Crippen LogP contribution in [0.3, 0.4) is 0 Å². The minimum Gasteiger partial charge on any atom is -0.381 e. The molecule has 0 bridgehead atoms. The summed E-state index contributed by atoms with van der Waals surface area (Å²) in [6.45, 7) is 1.22. The molecule has 3 heterocycles. The standard InChI is InChI=1S/C26H33FN4O3/c1-33-20-8-5-17(6-9-20)12-25(32)31-14-18-4-3-11-28-26(18)29-22-10-7-19(13-23(22)31)30-15-21(27)24(16-30)34-2/h3-4,7,10-11,13,17,20-21,24H,5-6,8-9,12,14-16H2,1-2H3,(H,28,29)/t17-,20-,21?,24?. The normalized spacial score (nSPS) is 26.4. The summed E-state index contributed by atoms with van der Waals surface area (Å²) in [5.74, 6) is 1.23. The highest BCUT2D eigenvalue weighted by atomic mass is 19.1. The number of hydrogen-bond donors (Lipinski definition) is 1. The van der Waals surface area contributed by atoms with Gasteiger partial charge in [-0.15, -0.1) is 0 Å². The lowest BCUT2D eigenvalue weighted by molar-refractivity contribution is -0.120. The van der Waals surface area contributed by atoms with Crippen LogP contribution in [-0.4, -0.2) is 56.6 Å². The fraction of sp³-hybridized carbons (Fsp3) is 0.538. The highest BCUT2D eigenvalue weighted by molar-refractivity contribution is 5.99. The number of amides is 1. The number of halogens is 1. The molecule has 2 aliphatic heterocycles. The van der Waals surface area contributed by atoms with Gasteiger partial charge >= 0.3 is 0 Å². The second-order valence-electron chi connectivity index (χ2n) is 9.60. The third-order valence-corrected chi connectivity index (χ3v) is 7.50. The van der Waals surface area contributed by atoms with Gasteiger partial charge in [0.05, 0.1) is 30.6 Å². The van der Waals surface area contributed by atoms with Gasteiger partial charge in [0.2, 0.25) is 5.91 Å². The molecule has 2 atom stereocenters. The number of carbonyl (C=O) groups is 1.